The molecule has 0 aliphatic rings. The molecule has 2 rings (SSSR count). The zero-order valence-corrected chi connectivity index (χ0v) is 15.6. The molecule has 0 aromatic heterocycles. The van der Waals surface area contributed by atoms with Crippen molar-refractivity contribution in [1.82, 2.24) is 0 Å². The van der Waals surface area contributed by atoms with E-state index in [0.717, 1.165) is 36.9 Å². The number of nitrogens with two attached hydrogens (primary N) is 1. The Kier molecular flexibility index (Phi) is 5.66. The van der Waals surface area contributed by atoms with Crippen LogP contribution in [0.3, 0.4) is 0 Å². The molecular weight excluding hydrogens is 450 g/mol. The average Bonchev–Trinajstić information content (AvgIpc) is 2.34. The lowest BCUT2D eigenvalue weighted by atomic mass is 10.1. The number of halogens is 3. The van der Waals surface area contributed by atoms with Gasteiger partial charge in [-0.1, -0.05) is 31.9 Å². The van der Waals surface area contributed by atoms with Crippen molar-refractivity contribution in [2.45, 2.75) is 19.4 Å². The quantitative estimate of drug-likeness (QED) is 0.635. The first-order valence-corrected chi connectivity index (χ1v) is 8.50. The van der Waals surface area contributed by atoms with Crippen LogP contribution >= 0.6 is 47.8 Å². The maximum absolute atomic E-state index is 6.01. The monoisotopic (exact) mass is 461 g/mol. The Balaban J connectivity index is 2.32. The van der Waals surface area contributed by atoms with Gasteiger partial charge in [-0.25, -0.2) is 0 Å². The zero-order valence-electron chi connectivity index (χ0n) is 10.9. The van der Waals surface area contributed by atoms with Crippen molar-refractivity contribution in [2.24, 2.45) is 5.73 Å². The predicted octanol–water partition coefficient (Wildman–Crippen LogP) is 5.66. The van der Waals surface area contributed by atoms with Crippen molar-refractivity contribution in [2.75, 3.05) is 0 Å². The van der Waals surface area contributed by atoms with Gasteiger partial charge in [0.05, 0.1) is 4.47 Å². The van der Waals surface area contributed by atoms with E-state index in [4.69, 9.17) is 10.5 Å². The summed E-state index contributed by atoms with van der Waals surface area (Å²) >= 11 is 10.4. The summed E-state index contributed by atoms with van der Waals surface area (Å²) in [6.07, 6.45) is 0.767. The lowest BCUT2D eigenvalue weighted by molar-refractivity contribution is 0.470. The summed E-state index contributed by atoms with van der Waals surface area (Å²) in [6.45, 7) is 1.99. The lowest BCUT2D eigenvalue weighted by Gasteiger charge is -2.14. The van der Waals surface area contributed by atoms with E-state index in [0.29, 0.717) is 0 Å². The summed E-state index contributed by atoms with van der Waals surface area (Å²) in [7, 11) is 0. The lowest BCUT2D eigenvalue weighted by Crippen LogP contribution is -2.18. The van der Waals surface area contributed by atoms with E-state index in [9.17, 15) is 0 Å². The molecule has 0 aliphatic carbocycles. The zero-order chi connectivity index (χ0) is 14.7. The molecule has 0 amide bonds. The number of hydrogen-bond acceptors (Lipinski definition) is 2. The van der Waals surface area contributed by atoms with E-state index in [1.54, 1.807) is 0 Å². The molecule has 20 heavy (non-hydrogen) atoms. The van der Waals surface area contributed by atoms with Crippen LogP contribution in [-0.4, -0.2) is 6.04 Å². The molecule has 106 valence electrons. The molecule has 0 spiro atoms. The number of rotatable bonds is 4. The molecule has 2 aromatic rings. The topological polar surface area (TPSA) is 35.2 Å². The number of benzene rings is 2. The third kappa shape index (κ3) is 4.32. The van der Waals surface area contributed by atoms with Crippen LogP contribution in [0.1, 0.15) is 12.5 Å². The molecule has 2 N–H and O–H groups in total. The highest BCUT2D eigenvalue weighted by Crippen LogP contribution is 2.34. The van der Waals surface area contributed by atoms with Crippen molar-refractivity contribution in [3.63, 3.8) is 0 Å². The van der Waals surface area contributed by atoms with Gasteiger partial charge in [0.1, 0.15) is 11.5 Å². The third-order valence-corrected chi connectivity index (χ3v) is 4.28. The van der Waals surface area contributed by atoms with Gasteiger partial charge in [-0.05, 0) is 71.2 Å². The normalized spacial score (nSPS) is 12.2. The van der Waals surface area contributed by atoms with Crippen LogP contribution in [0.15, 0.2) is 49.8 Å². The van der Waals surface area contributed by atoms with Crippen LogP contribution < -0.4 is 10.5 Å². The standard InChI is InChI=1S/C15H14Br3NO/c1-9(19)6-10-7-11(16)2-4-14(10)20-15-5-3-12(17)8-13(15)18/h2-5,7-9H,6,19H2,1H3. The van der Waals surface area contributed by atoms with Crippen molar-refractivity contribution in [3.05, 3.63) is 55.4 Å². The first-order valence-electron chi connectivity index (χ1n) is 6.12. The average molecular weight is 464 g/mol. The fourth-order valence-electron chi connectivity index (χ4n) is 1.83. The maximum atomic E-state index is 6.01. The minimum Gasteiger partial charge on any atom is -0.456 e. The van der Waals surface area contributed by atoms with Crippen molar-refractivity contribution < 1.29 is 4.74 Å². The Morgan fingerprint density at radius 1 is 1.00 bits per heavy atom. The number of hydrogen-bond donors (Lipinski definition) is 1. The highest BCUT2D eigenvalue weighted by molar-refractivity contribution is 9.11. The summed E-state index contributed by atoms with van der Waals surface area (Å²) in [5.41, 5.74) is 6.99. The van der Waals surface area contributed by atoms with E-state index in [-0.39, 0.29) is 6.04 Å². The van der Waals surface area contributed by atoms with E-state index < -0.39 is 0 Å². The smallest absolute Gasteiger partial charge is 0.141 e. The van der Waals surface area contributed by atoms with Crippen molar-refractivity contribution >= 4 is 47.8 Å². The van der Waals surface area contributed by atoms with E-state index in [1.165, 1.54) is 0 Å². The first-order chi connectivity index (χ1) is 9.45. The maximum Gasteiger partial charge on any atom is 0.141 e. The summed E-state index contributed by atoms with van der Waals surface area (Å²) in [4.78, 5) is 0. The highest BCUT2D eigenvalue weighted by atomic mass is 79.9. The molecular formula is C15H14Br3NO. The molecule has 0 radical (unpaired) electrons. The summed E-state index contributed by atoms with van der Waals surface area (Å²) in [5, 5.41) is 0. The van der Waals surface area contributed by atoms with Crippen LogP contribution in [0.5, 0.6) is 11.5 Å². The molecule has 0 bridgehead atoms. The van der Waals surface area contributed by atoms with Crippen LogP contribution in [0, 0.1) is 0 Å². The van der Waals surface area contributed by atoms with Crippen molar-refractivity contribution in [3.8, 4) is 11.5 Å². The molecule has 0 saturated heterocycles. The molecule has 1 unspecified atom stereocenters. The minimum atomic E-state index is 0.0833. The van der Waals surface area contributed by atoms with Gasteiger partial charge in [0.25, 0.3) is 0 Å². The molecule has 5 heteroatoms. The molecule has 2 aromatic carbocycles. The first kappa shape index (κ1) is 16.0. The predicted molar refractivity (Wildman–Crippen MR) is 93.4 cm³/mol. The SMILES string of the molecule is CC(N)Cc1cc(Br)ccc1Oc1ccc(Br)cc1Br. The Hall–Kier alpha value is -0.360. The summed E-state index contributed by atoms with van der Waals surface area (Å²) in [5.74, 6) is 1.61. The summed E-state index contributed by atoms with van der Waals surface area (Å²) < 4.78 is 8.94. The number of ether oxygens (including phenoxy) is 1. The Morgan fingerprint density at radius 3 is 2.20 bits per heavy atom. The fourth-order valence-corrected chi connectivity index (χ4v) is 3.37. The van der Waals surface area contributed by atoms with E-state index >= 15 is 0 Å². The molecule has 1 atom stereocenters. The van der Waals surface area contributed by atoms with E-state index in [1.807, 2.05) is 43.3 Å². The second-order valence-electron chi connectivity index (χ2n) is 4.61. The van der Waals surface area contributed by atoms with Gasteiger partial charge in [-0.15, -0.1) is 0 Å². The Labute approximate surface area is 144 Å². The second-order valence-corrected chi connectivity index (χ2v) is 7.30. The molecule has 0 aliphatic heterocycles. The highest BCUT2D eigenvalue weighted by Gasteiger charge is 2.10. The van der Waals surface area contributed by atoms with Crippen LogP contribution in [0.4, 0.5) is 0 Å². The van der Waals surface area contributed by atoms with Gasteiger partial charge in [-0.2, -0.15) is 0 Å². The molecule has 0 heterocycles. The molecule has 0 saturated carbocycles. The van der Waals surface area contributed by atoms with Gasteiger partial charge < -0.3 is 10.5 Å². The van der Waals surface area contributed by atoms with Crippen LogP contribution in [0.2, 0.25) is 0 Å². The fraction of sp³-hybridized carbons (Fsp3) is 0.200. The second kappa shape index (κ2) is 7.07. The van der Waals surface area contributed by atoms with E-state index in [2.05, 4.69) is 47.8 Å². The largest absolute Gasteiger partial charge is 0.456 e. The summed E-state index contributed by atoms with van der Waals surface area (Å²) in [6, 6.07) is 11.9. The Bertz CT molecular complexity index is 614. The van der Waals surface area contributed by atoms with Gasteiger partial charge in [0.2, 0.25) is 0 Å². The van der Waals surface area contributed by atoms with Gasteiger partial charge in [-0.3, -0.25) is 0 Å². The molecule has 2 nitrogen and oxygen atoms in total. The van der Waals surface area contributed by atoms with Gasteiger partial charge in [0, 0.05) is 15.0 Å². The van der Waals surface area contributed by atoms with Crippen molar-refractivity contribution in [1.29, 1.82) is 0 Å². The van der Waals surface area contributed by atoms with Gasteiger partial charge >= 0.3 is 0 Å². The minimum absolute atomic E-state index is 0.0833. The third-order valence-electron chi connectivity index (χ3n) is 2.68. The van der Waals surface area contributed by atoms with Crippen LogP contribution in [0.25, 0.3) is 0 Å². The van der Waals surface area contributed by atoms with Crippen LogP contribution in [-0.2, 0) is 6.42 Å². The molecule has 0 fully saturated rings. The van der Waals surface area contributed by atoms with Gasteiger partial charge in [0.15, 0.2) is 0 Å². The Morgan fingerprint density at radius 2 is 1.60 bits per heavy atom.